The molecule has 30 heavy (non-hydrogen) atoms. The van der Waals surface area contributed by atoms with Crippen LogP contribution in [0.2, 0.25) is 0 Å². The molecule has 7 heteroatoms. The van der Waals surface area contributed by atoms with Crippen LogP contribution in [0.3, 0.4) is 0 Å². The fourth-order valence-electron chi connectivity index (χ4n) is 4.46. The highest BCUT2D eigenvalue weighted by Crippen LogP contribution is 2.33. The summed E-state index contributed by atoms with van der Waals surface area (Å²) in [5, 5.41) is 0.498. The van der Waals surface area contributed by atoms with Gasteiger partial charge in [-0.05, 0) is 63.1 Å². The van der Waals surface area contributed by atoms with Crippen LogP contribution in [-0.4, -0.2) is 39.0 Å². The van der Waals surface area contributed by atoms with E-state index >= 15 is 0 Å². The van der Waals surface area contributed by atoms with Crippen molar-refractivity contribution in [3.63, 3.8) is 0 Å². The number of rotatable bonds is 5. The highest BCUT2D eigenvalue weighted by molar-refractivity contribution is 5.95. The van der Waals surface area contributed by atoms with Crippen LogP contribution in [0.4, 0.5) is 0 Å². The first-order valence-corrected chi connectivity index (χ1v) is 10.8. The van der Waals surface area contributed by atoms with E-state index in [1.54, 1.807) is 22.8 Å². The van der Waals surface area contributed by atoms with Gasteiger partial charge in [0.05, 0.1) is 16.5 Å². The van der Waals surface area contributed by atoms with Gasteiger partial charge in [-0.2, -0.15) is 0 Å². The molecule has 0 bridgehead atoms. The molecule has 0 spiro atoms. The predicted molar refractivity (Wildman–Crippen MR) is 111 cm³/mol. The molecule has 1 fully saturated rings. The van der Waals surface area contributed by atoms with Gasteiger partial charge in [-0.25, -0.2) is 9.78 Å². The molecule has 0 unspecified atom stereocenters. The minimum atomic E-state index is -0.568. The van der Waals surface area contributed by atoms with E-state index in [0.717, 1.165) is 62.9 Å². The number of esters is 1. The van der Waals surface area contributed by atoms with Gasteiger partial charge in [0.2, 0.25) is 0 Å². The Morgan fingerprint density at radius 2 is 2.03 bits per heavy atom. The van der Waals surface area contributed by atoms with Crippen molar-refractivity contribution >= 4 is 22.8 Å². The molecule has 156 valence electrons. The SMILES string of the molecule is O=C(OCC(=O)N(C1=CCCCC1)C1CC1)c1ccc2c(=O)n3c(nc2c1)CCC3. The average Bonchev–Trinajstić information content (AvgIpc) is 3.48. The summed E-state index contributed by atoms with van der Waals surface area (Å²) in [4.78, 5) is 44.3. The number of amides is 1. The van der Waals surface area contributed by atoms with E-state index in [9.17, 15) is 14.4 Å². The van der Waals surface area contributed by atoms with Crippen molar-refractivity contribution < 1.29 is 14.3 Å². The standard InChI is InChI=1S/C23H25N3O4/c27-21(26(17-9-10-17)16-5-2-1-3-6-16)14-30-23(29)15-8-11-18-19(13-15)24-20-7-4-12-25(20)22(18)28/h5,8,11,13,17H,1-4,6-7,9-10,12,14H2. The quantitative estimate of drug-likeness (QED) is 0.712. The van der Waals surface area contributed by atoms with E-state index in [1.807, 2.05) is 4.90 Å². The van der Waals surface area contributed by atoms with Gasteiger partial charge in [0.15, 0.2) is 6.61 Å². The van der Waals surface area contributed by atoms with Gasteiger partial charge in [-0.15, -0.1) is 0 Å². The third-order valence-electron chi connectivity index (χ3n) is 6.14. The number of aryl methyl sites for hydroxylation is 1. The third kappa shape index (κ3) is 3.53. The molecule has 2 heterocycles. The van der Waals surface area contributed by atoms with E-state index in [4.69, 9.17) is 4.74 Å². The Labute approximate surface area is 174 Å². The predicted octanol–water partition coefficient (Wildman–Crippen LogP) is 2.95. The molecule has 3 aliphatic rings. The number of carbonyl (C=O) groups is 2. The molecule has 0 atom stereocenters. The minimum Gasteiger partial charge on any atom is -0.452 e. The molecule has 0 saturated heterocycles. The van der Waals surface area contributed by atoms with Crippen molar-refractivity contribution in [1.29, 1.82) is 0 Å². The van der Waals surface area contributed by atoms with Gasteiger partial charge in [-0.1, -0.05) is 6.08 Å². The van der Waals surface area contributed by atoms with Crippen LogP contribution < -0.4 is 5.56 Å². The number of fused-ring (bicyclic) bond motifs is 2. The maximum Gasteiger partial charge on any atom is 0.338 e. The molecule has 1 saturated carbocycles. The van der Waals surface area contributed by atoms with Crippen molar-refractivity contribution in [3.8, 4) is 0 Å². The van der Waals surface area contributed by atoms with Crippen molar-refractivity contribution in [2.75, 3.05) is 6.61 Å². The maximum atomic E-state index is 12.8. The molecular weight excluding hydrogens is 382 g/mol. The Bertz CT molecular complexity index is 1110. The number of benzene rings is 1. The molecule has 5 rings (SSSR count). The lowest BCUT2D eigenvalue weighted by Crippen LogP contribution is -2.36. The summed E-state index contributed by atoms with van der Waals surface area (Å²) in [6.07, 6.45) is 9.99. The van der Waals surface area contributed by atoms with Crippen molar-refractivity contribution in [2.45, 2.75) is 64.0 Å². The topological polar surface area (TPSA) is 81.5 Å². The first kappa shape index (κ1) is 19.0. The van der Waals surface area contributed by atoms with Gasteiger partial charge in [0, 0.05) is 24.7 Å². The zero-order valence-electron chi connectivity index (χ0n) is 16.9. The third-order valence-corrected chi connectivity index (χ3v) is 6.14. The molecule has 1 aromatic carbocycles. The van der Waals surface area contributed by atoms with Gasteiger partial charge < -0.3 is 9.64 Å². The van der Waals surface area contributed by atoms with Crippen LogP contribution >= 0.6 is 0 Å². The van der Waals surface area contributed by atoms with E-state index in [1.165, 1.54) is 0 Å². The number of nitrogens with zero attached hydrogens (tertiary/aromatic N) is 3. The van der Waals surface area contributed by atoms with E-state index in [-0.39, 0.29) is 24.1 Å². The first-order chi connectivity index (χ1) is 14.6. The van der Waals surface area contributed by atoms with Crippen molar-refractivity contribution in [1.82, 2.24) is 14.5 Å². The molecular formula is C23H25N3O4. The molecule has 7 nitrogen and oxygen atoms in total. The monoisotopic (exact) mass is 407 g/mol. The molecule has 0 radical (unpaired) electrons. The molecule has 1 aromatic heterocycles. The van der Waals surface area contributed by atoms with Gasteiger partial charge in [-0.3, -0.25) is 14.2 Å². The van der Waals surface area contributed by atoms with Crippen LogP contribution in [0.1, 0.15) is 61.1 Å². The number of allylic oxidation sites excluding steroid dienone is 2. The number of carbonyl (C=O) groups excluding carboxylic acids is 2. The second-order valence-electron chi connectivity index (χ2n) is 8.33. The van der Waals surface area contributed by atoms with Crippen LogP contribution in [0.25, 0.3) is 10.9 Å². The molecule has 2 aromatic rings. The Hall–Kier alpha value is -2.96. The molecule has 1 aliphatic heterocycles. The summed E-state index contributed by atoms with van der Waals surface area (Å²) in [5.74, 6) is 0.0315. The fraction of sp³-hybridized carbons (Fsp3) is 0.478. The normalized spacial score (nSPS) is 18.1. The lowest BCUT2D eigenvalue weighted by Gasteiger charge is -2.27. The zero-order valence-corrected chi connectivity index (χ0v) is 16.9. The van der Waals surface area contributed by atoms with Crippen LogP contribution in [0, 0.1) is 0 Å². The largest absolute Gasteiger partial charge is 0.452 e. The number of ether oxygens (including phenoxy) is 1. The number of aromatic nitrogens is 2. The Balaban J connectivity index is 1.31. The summed E-state index contributed by atoms with van der Waals surface area (Å²) < 4.78 is 7.04. The summed E-state index contributed by atoms with van der Waals surface area (Å²) in [7, 11) is 0. The summed E-state index contributed by atoms with van der Waals surface area (Å²) >= 11 is 0. The van der Waals surface area contributed by atoms with Gasteiger partial charge in [0.25, 0.3) is 11.5 Å². The summed E-state index contributed by atoms with van der Waals surface area (Å²) in [6, 6.07) is 5.03. The maximum absolute atomic E-state index is 12.8. The second-order valence-corrected chi connectivity index (χ2v) is 8.33. The Morgan fingerprint density at radius 1 is 1.17 bits per heavy atom. The van der Waals surface area contributed by atoms with Crippen LogP contribution in [0.5, 0.6) is 0 Å². The van der Waals surface area contributed by atoms with E-state index in [2.05, 4.69) is 11.1 Å². The van der Waals surface area contributed by atoms with Crippen molar-refractivity contribution in [2.24, 2.45) is 0 Å². The van der Waals surface area contributed by atoms with Crippen LogP contribution in [0.15, 0.2) is 34.8 Å². The first-order valence-electron chi connectivity index (χ1n) is 10.8. The minimum absolute atomic E-state index is 0.0663. The van der Waals surface area contributed by atoms with Crippen LogP contribution in [-0.2, 0) is 22.5 Å². The zero-order chi connectivity index (χ0) is 20.7. The highest BCUT2D eigenvalue weighted by atomic mass is 16.5. The van der Waals surface area contributed by atoms with Crippen molar-refractivity contribution in [3.05, 3.63) is 51.7 Å². The summed E-state index contributed by atoms with van der Waals surface area (Å²) in [6.45, 7) is 0.419. The average molecular weight is 407 g/mol. The lowest BCUT2D eigenvalue weighted by atomic mass is 10.0. The fourth-order valence-corrected chi connectivity index (χ4v) is 4.46. The van der Waals surface area contributed by atoms with Gasteiger partial charge in [0.1, 0.15) is 5.82 Å². The molecule has 0 N–H and O–H groups in total. The summed E-state index contributed by atoms with van der Waals surface area (Å²) in [5.41, 5.74) is 1.82. The highest BCUT2D eigenvalue weighted by Gasteiger charge is 2.35. The lowest BCUT2D eigenvalue weighted by molar-refractivity contribution is -0.133. The molecule has 1 amide bonds. The number of hydrogen-bond acceptors (Lipinski definition) is 5. The smallest absolute Gasteiger partial charge is 0.338 e. The van der Waals surface area contributed by atoms with E-state index in [0.29, 0.717) is 23.0 Å². The van der Waals surface area contributed by atoms with E-state index < -0.39 is 5.97 Å². The second kappa shape index (κ2) is 7.70. The Kier molecular flexibility index (Phi) is 4.89. The molecule has 2 aliphatic carbocycles. The van der Waals surface area contributed by atoms with Gasteiger partial charge >= 0.3 is 5.97 Å². The Morgan fingerprint density at radius 3 is 2.80 bits per heavy atom. The number of hydrogen-bond donors (Lipinski definition) is 0.